The summed E-state index contributed by atoms with van der Waals surface area (Å²) < 4.78 is 0.724. The van der Waals surface area contributed by atoms with Crippen molar-refractivity contribution in [1.29, 1.82) is 0 Å². The highest BCUT2D eigenvalue weighted by molar-refractivity contribution is 9.10. The van der Waals surface area contributed by atoms with Crippen LogP contribution in [0.5, 0.6) is 0 Å². The Morgan fingerprint density at radius 1 is 1.32 bits per heavy atom. The third-order valence-electron chi connectivity index (χ3n) is 3.85. The maximum absolute atomic E-state index is 12.1. The van der Waals surface area contributed by atoms with Crippen LogP contribution in [0, 0.1) is 11.8 Å². The summed E-state index contributed by atoms with van der Waals surface area (Å²) in [6.45, 7) is -0.121. The molecule has 2 heterocycles. The van der Waals surface area contributed by atoms with Gasteiger partial charge in [-0.1, -0.05) is 6.42 Å². The molecular weight excluding hydrogens is 330 g/mol. The number of halogens is 1. The number of carbonyl (C=O) groups excluding carboxylic acids is 3. The highest BCUT2D eigenvalue weighted by atomic mass is 79.9. The predicted octanol–water partition coefficient (Wildman–Crippen LogP) is 2.48. The van der Waals surface area contributed by atoms with Crippen LogP contribution < -0.4 is 0 Å². The van der Waals surface area contributed by atoms with E-state index in [1.54, 1.807) is 11.4 Å². The number of nitrogens with zero attached hydrogens (tertiary/aromatic N) is 1. The van der Waals surface area contributed by atoms with Crippen molar-refractivity contribution < 1.29 is 14.4 Å². The van der Waals surface area contributed by atoms with Crippen LogP contribution in [-0.2, 0) is 9.59 Å². The monoisotopic (exact) mass is 341 g/mol. The fourth-order valence-electron chi connectivity index (χ4n) is 2.92. The van der Waals surface area contributed by atoms with Gasteiger partial charge in [0.2, 0.25) is 11.8 Å². The van der Waals surface area contributed by atoms with Crippen molar-refractivity contribution in [2.45, 2.75) is 19.3 Å². The standard InChI is InChI=1S/C13H12BrNO3S/c14-9-4-5-19-11(9)10(16)6-15-12(17)7-2-1-3-8(7)13(15)18/h4-5,7-8H,1-3,6H2. The first-order chi connectivity index (χ1) is 9.09. The smallest absolute Gasteiger partial charge is 0.233 e. The number of carbonyl (C=O) groups is 3. The van der Waals surface area contributed by atoms with Gasteiger partial charge in [-0.05, 0) is 40.2 Å². The maximum atomic E-state index is 12.1. The number of fused-ring (bicyclic) bond motifs is 1. The maximum Gasteiger partial charge on any atom is 0.233 e. The summed E-state index contributed by atoms with van der Waals surface area (Å²) in [5, 5.41) is 1.81. The second-order valence-corrected chi connectivity index (χ2v) is 6.70. The molecule has 4 nitrogen and oxygen atoms in total. The van der Waals surface area contributed by atoms with Gasteiger partial charge in [0.1, 0.15) is 0 Å². The second kappa shape index (κ2) is 4.83. The van der Waals surface area contributed by atoms with Crippen LogP contribution in [0.4, 0.5) is 0 Å². The molecule has 1 saturated carbocycles. The van der Waals surface area contributed by atoms with E-state index in [1.165, 1.54) is 11.3 Å². The fourth-order valence-corrected chi connectivity index (χ4v) is 4.45. The third kappa shape index (κ3) is 2.07. The molecule has 2 unspecified atom stereocenters. The van der Waals surface area contributed by atoms with Gasteiger partial charge >= 0.3 is 0 Å². The summed E-state index contributed by atoms with van der Waals surface area (Å²) in [6.07, 6.45) is 2.50. The average molecular weight is 342 g/mol. The number of Topliss-reactive ketones (excluding diaryl/α,β-unsaturated/α-hetero) is 1. The highest BCUT2D eigenvalue weighted by Crippen LogP contribution is 2.39. The van der Waals surface area contributed by atoms with E-state index in [1.807, 2.05) is 0 Å². The Kier molecular flexibility index (Phi) is 3.30. The van der Waals surface area contributed by atoms with Crippen molar-refractivity contribution >= 4 is 44.9 Å². The molecule has 2 amide bonds. The molecule has 19 heavy (non-hydrogen) atoms. The zero-order chi connectivity index (χ0) is 13.6. The van der Waals surface area contributed by atoms with Crippen molar-refractivity contribution in [3.8, 4) is 0 Å². The number of imide groups is 1. The molecule has 0 bridgehead atoms. The van der Waals surface area contributed by atoms with E-state index >= 15 is 0 Å². The number of hydrogen-bond acceptors (Lipinski definition) is 4. The van der Waals surface area contributed by atoms with E-state index in [4.69, 9.17) is 0 Å². The lowest BCUT2D eigenvalue weighted by Gasteiger charge is -2.14. The molecule has 1 saturated heterocycles. The molecule has 0 N–H and O–H groups in total. The van der Waals surface area contributed by atoms with E-state index < -0.39 is 0 Å². The molecule has 1 aliphatic heterocycles. The number of rotatable bonds is 3. The van der Waals surface area contributed by atoms with E-state index in [9.17, 15) is 14.4 Å². The van der Waals surface area contributed by atoms with Crippen LogP contribution in [-0.4, -0.2) is 29.0 Å². The fraction of sp³-hybridized carbons (Fsp3) is 0.462. The van der Waals surface area contributed by atoms with Crippen molar-refractivity contribution in [1.82, 2.24) is 4.90 Å². The van der Waals surface area contributed by atoms with Gasteiger partial charge in [-0.15, -0.1) is 11.3 Å². The Hall–Kier alpha value is -1.01. The van der Waals surface area contributed by atoms with Crippen molar-refractivity contribution in [2.24, 2.45) is 11.8 Å². The molecule has 0 radical (unpaired) electrons. The summed E-state index contributed by atoms with van der Waals surface area (Å²) >= 11 is 4.62. The summed E-state index contributed by atoms with van der Waals surface area (Å²) in [7, 11) is 0. The van der Waals surface area contributed by atoms with E-state index in [0.717, 1.165) is 28.6 Å². The van der Waals surface area contributed by atoms with Crippen LogP contribution in [0.1, 0.15) is 28.9 Å². The summed E-state index contributed by atoms with van der Waals surface area (Å²) in [5.74, 6) is -0.843. The van der Waals surface area contributed by atoms with Crippen molar-refractivity contribution in [2.75, 3.05) is 6.54 Å². The van der Waals surface area contributed by atoms with Crippen LogP contribution in [0.2, 0.25) is 0 Å². The molecule has 2 fully saturated rings. The molecule has 1 aromatic rings. The molecule has 2 aliphatic rings. The molecule has 0 spiro atoms. The van der Waals surface area contributed by atoms with E-state index in [0.29, 0.717) is 4.88 Å². The minimum Gasteiger partial charge on any atom is -0.291 e. The predicted molar refractivity (Wildman–Crippen MR) is 73.9 cm³/mol. The lowest BCUT2D eigenvalue weighted by molar-refractivity contribution is -0.139. The van der Waals surface area contributed by atoms with Gasteiger partial charge in [-0.2, -0.15) is 0 Å². The van der Waals surface area contributed by atoms with Crippen LogP contribution >= 0.6 is 27.3 Å². The molecular formula is C13H12BrNO3S. The Bertz CT molecular complexity index is 546. The van der Waals surface area contributed by atoms with Gasteiger partial charge in [0.05, 0.1) is 23.3 Å². The van der Waals surface area contributed by atoms with Crippen LogP contribution in [0.3, 0.4) is 0 Å². The summed E-state index contributed by atoms with van der Waals surface area (Å²) in [5.41, 5.74) is 0. The molecule has 1 aliphatic carbocycles. The zero-order valence-electron chi connectivity index (χ0n) is 10.1. The molecule has 2 atom stereocenters. The SMILES string of the molecule is O=C(CN1C(=O)C2CCCC2C1=O)c1sccc1Br. The highest BCUT2D eigenvalue weighted by Gasteiger charge is 2.50. The topological polar surface area (TPSA) is 54.5 Å². The van der Waals surface area contributed by atoms with E-state index in [2.05, 4.69) is 15.9 Å². The van der Waals surface area contributed by atoms with Crippen molar-refractivity contribution in [3.05, 3.63) is 20.8 Å². The first-order valence-electron chi connectivity index (χ1n) is 6.21. The normalized spacial score (nSPS) is 26.1. The number of amides is 2. The first-order valence-corrected chi connectivity index (χ1v) is 7.88. The number of thiophene rings is 1. The van der Waals surface area contributed by atoms with Gasteiger partial charge in [0.25, 0.3) is 0 Å². The van der Waals surface area contributed by atoms with Gasteiger partial charge in [-0.25, -0.2) is 0 Å². The molecule has 100 valence electrons. The lowest BCUT2D eigenvalue weighted by atomic mass is 10.00. The molecule has 3 rings (SSSR count). The summed E-state index contributed by atoms with van der Waals surface area (Å²) in [4.78, 5) is 38.1. The van der Waals surface area contributed by atoms with Crippen LogP contribution in [0.25, 0.3) is 0 Å². The number of ketones is 1. The Morgan fingerprint density at radius 3 is 2.47 bits per heavy atom. The largest absolute Gasteiger partial charge is 0.291 e. The number of hydrogen-bond donors (Lipinski definition) is 0. The lowest BCUT2D eigenvalue weighted by Crippen LogP contribution is -2.36. The Labute approximate surface area is 122 Å². The van der Waals surface area contributed by atoms with Crippen molar-refractivity contribution in [3.63, 3.8) is 0 Å². The quantitative estimate of drug-likeness (QED) is 0.626. The third-order valence-corrected chi connectivity index (χ3v) is 5.73. The second-order valence-electron chi connectivity index (χ2n) is 4.93. The molecule has 0 aromatic carbocycles. The number of likely N-dealkylation sites (tertiary alicyclic amines) is 1. The Balaban J connectivity index is 1.77. The van der Waals surface area contributed by atoms with Gasteiger partial charge in [-0.3, -0.25) is 19.3 Å². The van der Waals surface area contributed by atoms with Gasteiger partial charge in [0, 0.05) is 4.47 Å². The minimum atomic E-state index is -0.177. The molecule has 1 aromatic heterocycles. The van der Waals surface area contributed by atoms with Gasteiger partial charge in [0.15, 0.2) is 5.78 Å². The van der Waals surface area contributed by atoms with Crippen LogP contribution in [0.15, 0.2) is 15.9 Å². The molecule has 6 heteroatoms. The Morgan fingerprint density at radius 2 is 1.95 bits per heavy atom. The van der Waals surface area contributed by atoms with E-state index in [-0.39, 0.29) is 36.0 Å². The summed E-state index contributed by atoms with van der Waals surface area (Å²) in [6, 6.07) is 1.79. The first kappa shape index (κ1) is 13.0. The average Bonchev–Trinajstić information content (AvgIpc) is 3.05. The minimum absolute atomic E-state index is 0.121. The van der Waals surface area contributed by atoms with Gasteiger partial charge < -0.3 is 0 Å². The zero-order valence-corrected chi connectivity index (χ0v) is 12.5.